The Morgan fingerprint density at radius 2 is 1.90 bits per heavy atom. The van der Waals surface area contributed by atoms with E-state index in [1.165, 1.54) is 11.1 Å². The third-order valence-corrected chi connectivity index (χ3v) is 5.39. The number of likely N-dealkylation sites (tertiary alicyclic amines) is 1. The van der Waals surface area contributed by atoms with Crippen LogP contribution in [-0.4, -0.2) is 31.0 Å². The minimum atomic E-state index is -0.359. The van der Waals surface area contributed by atoms with Crippen LogP contribution in [0.3, 0.4) is 0 Å². The van der Waals surface area contributed by atoms with Crippen molar-refractivity contribution < 1.29 is 14.2 Å². The maximum absolute atomic E-state index is 6.37. The van der Waals surface area contributed by atoms with Crippen LogP contribution in [0.4, 0.5) is 0 Å². The van der Waals surface area contributed by atoms with Crippen molar-refractivity contribution in [3.63, 3.8) is 0 Å². The first-order chi connectivity index (χ1) is 10.3. The molecule has 4 heteroatoms. The van der Waals surface area contributed by atoms with Gasteiger partial charge in [0.25, 0.3) is 0 Å². The smallest absolute Gasteiger partial charge is 0.231 e. The van der Waals surface area contributed by atoms with Gasteiger partial charge in [0.2, 0.25) is 6.79 Å². The zero-order valence-electron chi connectivity index (χ0n) is 12.0. The topological polar surface area (TPSA) is 30.9 Å². The fraction of sp³-hybridized carbons (Fsp3) is 0.412. The van der Waals surface area contributed by atoms with Crippen LogP contribution >= 0.6 is 0 Å². The molecular weight excluding hydrogens is 266 g/mol. The number of allylic oxidation sites excluding steroid dienone is 2. The highest BCUT2D eigenvalue weighted by Crippen LogP contribution is 2.56. The molecule has 5 rings (SSSR count). The number of rotatable bonds is 0. The SMILES string of the molecule is CN1CC[C@]23C=CC=C[C@]12OCc1cc2c(cc13)OCO2. The summed E-state index contributed by atoms with van der Waals surface area (Å²) in [7, 11) is 2.14. The van der Waals surface area contributed by atoms with Gasteiger partial charge in [0.1, 0.15) is 0 Å². The van der Waals surface area contributed by atoms with Gasteiger partial charge in [-0.2, -0.15) is 0 Å². The molecule has 0 unspecified atom stereocenters. The largest absolute Gasteiger partial charge is 0.454 e. The van der Waals surface area contributed by atoms with Gasteiger partial charge in [-0.1, -0.05) is 18.2 Å². The van der Waals surface area contributed by atoms with E-state index in [4.69, 9.17) is 14.2 Å². The monoisotopic (exact) mass is 283 g/mol. The van der Waals surface area contributed by atoms with Crippen LogP contribution in [0.25, 0.3) is 0 Å². The third-order valence-electron chi connectivity index (χ3n) is 5.39. The highest BCUT2D eigenvalue weighted by Gasteiger charge is 2.61. The molecule has 0 spiro atoms. The lowest BCUT2D eigenvalue weighted by Gasteiger charge is -2.50. The van der Waals surface area contributed by atoms with Crippen molar-refractivity contribution >= 4 is 0 Å². The van der Waals surface area contributed by atoms with E-state index in [0.717, 1.165) is 24.5 Å². The number of fused-ring (bicyclic) bond motifs is 2. The molecule has 4 aliphatic rings. The first kappa shape index (κ1) is 11.8. The van der Waals surface area contributed by atoms with Crippen molar-refractivity contribution in [2.24, 2.45) is 0 Å². The molecule has 1 fully saturated rings. The molecule has 2 atom stereocenters. The fourth-order valence-corrected chi connectivity index (χ4v) is 4.33. The number of ether oxygens (including phenoxy) is 3. The second kappa shape index (κ2) is 3.70. The van der Waals surface area contributed by atoms with Gasteiger partial charge in [0, 0.05) is 6.54 Å². The Morgan fingerprint density at radius 3 is 2.81 bits per heavy atom. The lowest BCUT2D eigenvalue weighted by Crippen LogP contribution is -2.57. The molecule has 0 bridgehead atoms. The van der Waals surface area contributed by atoms with Gasteiger partial charge in [-0.15, -0.1) is 0 Å². The van der Waals surface area contributed by atoms with Gasteiger partial charge >= 0.3 is 0 Å². The molecule has 0 radical (unpaired) electrons. The van der Waals surface area contributed by atoms with Crippen molar-refractivity contribution in [2.45, 2.75) is 24.2 Å². The van der Waals surface area contributed by atoms with Gasteiger partial charge in [0.05, 0.1) is 12.0 Å². The molecule has 1 saturated heterocycles. The van der Waals surface area contributed by atoms with Crippen molar-refractivity contribution in [2.75, 3.05) is 20.4 Å². The number of benzene rings is 1. The first-order valence-corrected chi connectivity index (χ1v) is 7.40. The van der Waals surface area contributed by atoms with Crippen LogP contribution in [0, 0.1) is 0 Å². The maximum atomic E-state index is 6.37. The van der Waals surface area contributed by atoms with E-state index in [2.05, 4.69) is 48.4 Å². The third kappa shape index (κ3) is 1.24. The Bertz CT molecular complexity index is 696. The van der Waals surface area contributed by atoms with Gasteiger partial charge < -0.3 is 14.2 Å². The van der Waals surface area contributed by atoms with E-state index in [0.29, 0.717) is 13.4 Å². The summed E-state index contributed by atoms with van der Waals surface area (Å²) >= 11 is 0. The fourth-order valence-electron chi connectivity index (χ4n) is 4.33. The molecule has 1 aromatic rings. The normalized spacial score (nSPS) is 35.5. The van der Waals surface area contributed by atoms with Gasteiger partial charge in [-0.05, 0) is 42.8 Å². The summed E-state index contributed by atoms with van der Waals surface area (Å²) in [5.74, 6) is 1.69. The van der Waals surface area contributed by atoms with E-state index in [-0.39, 0.29) is 11.1 Å². The highest BCUT2D eigenvalue weighted by molar-refractivity contribution is 5.57. The maximum Gasteiger partial charge on any atom is 0.231 e. The predicted molar refractivity (Wildman–Crippen MR) is 77.3 cm³/mol. The molecule has 4 nitrogen and oxygen atoms in total. The molecule has 0 N–H and O–H groups in total. The Hall–Kier alpha value is -1.78. The number of hydrogen-bond acceptors (Lipinski definition) is 4. The summed E-state index contributed by atoms with van der Waals surface area (Å²) in [5.41, 5.74) is 2.06. The second-order valence-electron chi connectivity index (χ2n) is 6.21. The standard InChI is InChI=1S/C17H17NO3/c1-18-7-6-16-4-2-3-5-17(16,18)21-10-12-8-14-15(9-13(12)16)20-11-19-14/h2-5,8-9H,6-7,10-11H2,1H3/t16-,17+/m0/s1. The summed E-state index contributed by atoms with van der Waals surface area (Å²) < 4.78 is 17.5. The van der Waals surface area contributed by atoms with Crippen molar-refractivity contribution in [3.05, 3.63) is 47.6 Å². The predicted octanol–water partition coefficient (Wildman–Crippen LogP) is 2.34. The van der Waals surface area contributed by atoms with Gasteiger partial charge in [-0.25, -0.2) is 0 Å². The van der Waals surface area contributed by atoms with Crippen molar-refractivity contribution in [1.82, 2.24) is 4.90 Å². The minimum absolute atomic E-state index is 0.120. The molecule has 3 heterocycles. The zero-order valence-corrected chi connectivity index (χ0v) is 12.0. The van der Waals surface area contributed by atoms with Crippen LogP contribution in [0.2, 0.25) is 0 Å². The van der Waals surface area contributed by atoms with Crippen LogP contribution in [0.1, 0.15) is 17.5 Å². The Labute approximate surface area is 123 Å². The van der Waals surface area contributed by atoms with Gasteiger partial charge in [0.15, 0.2) is 17.2 Å². The molecule has 108 valence electrons. The van der Waals surface area contributed by atoms with E-state index in [9.17, 15) is 0 Å². The molecule has 1 aliphatic carbocycles. The molecular formula is C17H17NO3. The van der Waals surface area contributed by atoms with Crippen LogP contribution in [0.5, 0.6) is 11.5 Å². The van der Waals surface area contributed by atoms with Crippen LogP contribution in [-0.2, 0) is 16.8 Å². The lowest BCUT2D eigenvalue weighted by molar-refractivity contribution is -0.137. The molecule has 3 aliphatic heterocycles. The number of likely N-dealkylation sites (N-methyl/N-ethyl adjacent to an activating group) is 1. The molecule has 21 heavy (non-hydrogen) atoms. The first-order valence-electron chi connectivity index (χ1n) is 7.40. The van der Waals surface area contributed by atoms with E-state index >= 15 is 0 Å². The Kier molecular flexibility index (Phi) is 2.08. The zero-order chi connectivity index (χ0) is 14.1. The summed E-state index contributed by atoms with van der Waals surface area (Å²) in [6.45, 7) is 1.94. The lowest BCUT2D eigenvalue weighted by atomic mass is 9.66. The van der Waals surface area contributed by atoms with E-state index in [1.807, 2.05) is 0 Å². The molecule has 0 saturated carbocycles. The molecule has 0 amide bonds. The van der Waals surface area contributed by atoms with Crippen LogP contribution in [0.15, 0.2) is 36.4 Å². The van der Waals surface area contributed by atoms with Crippen molar-refractivity contribution in [1.29, 1.82) is 0 Å². The summed E-state index contributed by atoms with van der Waals surface area (Å²) in [6.07, 6.45) is 9.79. The van der Waals surface area contributed by atoms with E-state index in [1.54, 1.807) is 0 Å². The second-order valence-corrected chi connectivity index (χ2v) is 6.21. The van der Waals surface area contributed by atoms with Gasteiger partial charge in [-0.3, -0.25) is 4.90 Å². The molecule has 0 aromatic heterocycles. The van der Waals surface area contributed by atoms with E-state index < -0.39 is 0 Å². The minimum Gasteiger partial charge on any atom is -0.454 e. The average molecular weight is 283 g/mol. The Morgan fingerprint density at radius 1 is 1.10 bits per heavy atom. The van der Waals surface area contributed by atoms with Crippen molar-refractivity contribution in [3.8, 4) is 11.5 Å². The number of hydrogen-bond donors (Lipinski definition) is 0. The average Bonchev–Trinajstić information content (AvgIpc) is 3.09. The summed E-state index contributed by atoms with van der Waals surface area (Å²) in [6, 6.07) is 4.25. The Balaban J connectivity index is 1.78. The highest BCUT2D eigenvalue weighted by atomic mass is 16.7. The summed E-state index contributed by atoms with van der Waals surface area (Å²) in [4.78, 5) is 2.32. The number of nitrogens with zero attached hydrogens (tertiary/aromatic N) is 1. The van der Waals surface area contributed by atoms with Crippen LogP contribution < -0.4 is 9.47 Å². The molecule has 1 aromatic carbocycles. The quantitative estimate of drug-likeness (QED) is 0.731. The summed E-state index contributed by atoms with van der Waals surface area (Å²) in [5, 5.41) is 0.